The van der Waals surface area contributed by atoms with Crippen LogP contribution in [0, 0.1) is 6.92 Å². The van der Waals surface area contributed by atoms with Crippen LogP contribution in [0.25, 0.3) is 10.9 Å². The average Bonchev–Trinajstić information content (AvgIpc) is 3.02. The van der Waals surface area contributed by atoms with Crippen molar-refractivity contribution in [3.8, 4) is 5.75 Å². The Balaban J connectivity index is 1.74. The van der Waals surface area contributed by atoms with Gasteiger partial charge in [-0.1, -0.05) is 47.7 Å². The van der Waals surface area contributed by atoms with E-state index in [1.807, 2.05) is 55.6 Å². The highest BCUT2D eigenvalue weighted by Gasteiger charge is 2.22. The van der Waals surface area contributed by atoms with Gasteiger partial charge in [-0.15, -0.1) is 0 Å². The van der Waals surface area contributed by atoms with Gasteiger partial charge in [-0.2, -0.15) is 0 Å². The van der Waals surface area contributed by atoms with Gasteiger partial charge in [0.25, 0.3) is 5.91 Å². The summed E-state index contributed by atoms with van der Waals surface area (Å²) in [4.78, 5) is 14.4. The summed E-state index contributed by atoms with van der Waals surface area (Å²) in [7, 11) is 3.63. The maximum Gasteiger partial charge on any atom is 0.259 e. The topological polar surface area (TPSA) is 43.3 Å². The molecule has 0 fully saturated rings. The van der Waals surface area contributed by atoms with Crippen LogP contribution < -0.4 is 10.1 Å². The van der Waals surface area contributed by atoms with Crippen molar-refractivity contribution < 1.29 is 9.53 Å². The summed E-state index contributed by atoms with van der Waals surface area (Å²) in [5.41, 5.74) is 3.66. The highest BCUT2D eigenvalue weighted by atomic mass is 32.2. The second kappa shape index (κ2) is 8.05. The van der Waals surface area contributed by atoms with Crippen molar-refractivity contribution in [2.24, 2.45) is 7.05 Å². The molecule has 0 aliphatic heterocycles. The third-order valence-electron chi connectivity index (χ3n) is 4.86. The number of aryl methyl sites for hydroxylation is 2. The number of ether oxygens (including phenoxy) is 1. The summed E-state index contributed by atoms with van der Waals surface area (Å²) in [5.74, 6) is 0.630. The van der Waals surface area contributed by atoms with E-state index in [1.165, 1.54) is 5.56 Å². The van der Waals surface area contributed by atoms with Gasteiger partial charge in [-0.05, 0) is 49.4 Å². The molecule has 0 unspecified atom stereocenters. The summed E-state index contributed by atoms with van der Waals surface area (Å²) >= 11 is 1.60. The normalized spacial score (nSPS) is 10.9. The number of methoxy groups -OCH3 is 1. The number of nitrogens with one attached hydrogen (secondary N) is 1. The lowest BCUT2D eigenvalue weighted by Gasteiger charge is -2.10. The van der Waals surface area contributed by atoms with E-state index in [2.05, 4.69) is 41.1 Å². The van der Waals surface area contributed by atoms with E-state index in [9.17, 15) is 4.79 Å². The highest BCUT2D eigenvalue weighted by Crippen LogP contribution is 2.37. The summed E-state index contributed by atoms with van der Waals surface area (Å²) in [5, 5.41) is 4.89. The Hall–Kier alpha value is -3.18. The number of benzene rings is 3. The number of para-hydroxylation sites is 1. The number of nitrogens with zero attached hydrogens (tertiary/aromatic N) is 1. The van der Waals surface area contributed by atoms with Gasteiger partial charge in [-0.25, -0.2) is 0 Å². The number of anilines is 1. The Labute approximate surface area is 174 Å². The molecule has 0 atom stereocenters. The van der Waals surface area contributed by atoms with Gasteiger partial charge in [0, 0.05) is 28.5 Å². The number of fused-ring (bicyclic) bond motifs is 1. The standard InChI is InChI=1S/C24H22N2O2S/c1-16-8-14-19(15-9-16)29-24-22(20-6-4-5-7-21(20)26(24)2)23(27)25-17-10-12-18(28-3)13-11-17/h4-15H,1-3H3,(H,25,27). The molecule has 1 aromatic heterocycles. The maximum absolute atomic E-state index is 13.3. The number of hydrogen-bond acceptors (Lipinski definition) is 3. The maximum atomic E-state index is 13.3. The van der Waals surface area contributed by atoms with Gasteiger partial charge in [0.2, 0.25) is 0 Å². The second-order valence-corrected chi connectivity index (χ2v) is 7.92. The zero-order valence-corrected chi connectivity index (χ0v) is 17.4. The van der Waals surface area contributed by atoms with Crippen molar-refractivity contribution in [3.63, 3.8) is 0 Å². The second-order valence-electron chi connectivity index (χ2n) is 6.85. The number of rotatable bonds is 5. The van der Waals surface area contributed by atoms with Crippen LogP contribution >= 0.6 is 11.8 Å². The molecule has 1 N–H and O–H groups in total. The fraction of sp³-hybridized carbons (Fsp3) is 0.125. The van der Waals surface area contributed by atoms with Crippen molar-refractivity contribution >= 4 is 34.3 Å². The van der Waals surface area contributed by atoms with Crippen LogP contribution in [-0.2, 0) is 7.05 Å². The first kappa shape index (κ1) is 19.2. The molecule has 4 nitrogen and oxygen atoms in total. The molecule has 0 bridgehead atoms. The molecule has 3 aromatic carbocycles. The Morgan fingerprint density at radius 3 is 2.34 bits per heavy atom. The van der Waals surface area contributed by atoms with Crippen LogP contribution in [0.3, 0.4) is 0 Å². The van der Waals surface area contributed by atoms with Crippen LogP contribution in [0.1, 0.15) is 15.9 Å². The smallest absolute Gasteiger partial charge is 0.259 e. The van der Waals surface area contributed by atoms with Crippen LogP contribution in [0.4, 0.5) is 5.69 Å². The largest absolute Gasteiger partial charge is 0.497 e. The fourth-order valence-electron chi connectivity index (χ4n) is 3.29. The summed E-state index contributed by atoms with van der Waals surface area (Å²) in [6, 6.07) is 23.7. The fourth-order valence-corrected chi connectivity index (χ4v) is 4.33. The van der Waals surface area contributed by atoms with Crippen molar-refractivity contribution in [1.82, 2.24) is 4.57 Å². The van der Waals surface area contributed by atoms with Gasteiger partial charge in [0.15, 0.2) is 0 Å². The molecule has 5 heteroatoms. The molecule has 146 valence electrons. The van der Waals surface area contributed by atoms with E-state index >= 15 is 0 Å². The quantitative estimate of drug-likeness (QED) is 0.452. The minimum absolute atomic E-state index is 0.124. The zero-order valence-electron chi connectivity index (χ0n) is 16.6. The zero-order chi connectivity index (χ0) is 20.4. The van der Waals surface area contributed by atoms with Crippen molar-refractivity contribution in [2.45, 2.75) is 16.8 Å². The SMILES string of the molecule is COc1ccc(NC(=O)c2c(Sc3ccc(C)cc3)n(C)c3ccccc23)cc1. The van der Waals surface area contributed by atoms with E-state index < -0.39 is 0 Å². The summed E-state index contributed by atoms with van der Waals surface area (Å²) in [6.45, 7) is 2.07. The molecule has 0 aliphatic rings. The molecular formula is C24H22N2O2S. The first-order valence-electron chi connectivity index (χ1n) is 9.34. The third kappa shape index (κ3) is 3.87. The summed E-state index contributed by atoms with van der Waals surface area (Å²) < 4.78 is 7.28. The molecule has 4 rings (SSSR count). The number of amides is 1. The van der Waals surface area contributed by atoms with Crippen molar-refractivity contribution in [2.75, 3.05) is 12.4 Å². The monoisotopic (exact) mass is 402 g/mol. The Kier molecular flexibility index (Phi) is 5.32. The third-order valence-corrected chi connectivity index (χ3v) is 6.04. The summed E-state index contributed by atoms with van der Waals surface area (Å²) in [6.07, 6.45) is 0. The van der Waals surface area contributed by atoms with Crippen LogP contribution in [0.2, 0.25) is 0 Å². The lowest BCUT2D eigenvalue weighted by Crippen LogP contribution is -2.13. The van der Waals surface area contributed by atoms with Crippen LogP contribution in [-0.4, -0.2) is 17.6 Å². The minimum atomic E-state index is -0.124. The van der Waals surface area contributed by atoms with E-state index in [0.717, 1.165) is 32.3 Å². The van der Waals surface area contributed by atoms with E-state index in [4.69, 9.17) is 4.74 Å². The van der Waals surface area contributed by atoms with Gasteiger partial charge < -0.3 is 14.6 Å². The Morgan fingerprint density at radius 1 is 0.966 bits per heavy atom. The lowest BCUT2D eigenvalue weighted by atomic mass is 10.1. The molecule has 0 saturated carbocycles. The van der Waals surface area contributed by atoms with Crippen molar-refractivity contribution in [1.29, 1.82) is 0 Å². The number of hydrogen-bond donors (Lipinski definition) is 1. The van der Waals surface area contributed by atoms with E-state index in [-0.39, 0.29) is 5.91 Å². The molecule has 0 aliphatic carbocycles. The predicted molar refractivity (Wildman–Crippen MR) is 119 cm³/mol. The van der Waals surface area contributed by atoms with Gasteiger partial charge in [0.1, 0.15) is 5.75 Å². The predicted octanol–water partition coefficient (Wildman–Crippen LogP) is 5.90. The minimum Gasteiger partial charge on any atom is -0.497 e. The lowest BCUT2D eigenvalue weighted by molar-refractivity contribution is 0.102. The van der Waals surface area contributed by atoms with Crippen molar-refractivity contribution in [3.05, 3.63) is 83.9 Å². The first-order chi connectivity index (χ1) is 14.1. The average molecular weight is 403 g/mol. The van der Waals surface area contributed by atoms with E-state index in [0.29, 0.717) is 5.56 Å². The highest BCUT2D eigenvalue weighted by molar-refractivity contribution is 7.99. The van der Waals surface area contributed by atoms with Crippen LogP contribution in [0.5, 0.6) is 5.75 Å². The molecular weight excluding hydrogens is 380 g/mol. The van der Waals surface area contributed by atoms with Gasteiger partial charge in [-0.3, -0.25) is 4.79 Å². The van der Waals surface area contributed by atoms with Gasteiger partial charge >= 0.3 is 0 Å². The molecule has 0 spiro atoms. The number of carbonyl (C=O) groups excluding carboxylic acids is 1. The van der Waals surface area contributed by atoms with Gasteiger partial charge in [0.05, 0.1) is 17.7 Å². The molecule has 1 amide bonds. The molecule has 0 saturated heterocycles. The molecule has 1 heterocycles. The molecule has 0 radical (unpaired) electrons. The Bertz CT molecular complexity index is 1160. The molecule has 4 aromatic rings. The first-order valence-corrected chi connectivity index (χ1v) is 10.2. The number of carbonyl (C=O) groups is 1. The number of aromatic nitrogens is 1. The van der Waals surface area contributed by atoms with E-state index in [1.54, 1.807) is 18.9 Å². The van der Waals surface area contributed by atoms with Crippen LogP contribution in [0.15, 0.2) is 82.7 Å². The Morgan fingerprint density at radius 2 is 1.66 bits per heavy atom. The molecule has 29 heavy (non-hydrogen) atoms.